The number of phosphoric acid groups is 1. The predicted molar refractivity (Wildman–Crippen MR) is 307 cm³/mol. The van der Waals surface area contributed by atoms with Crippen molar-refractivity contribution in [3.05, 3.63) is 85.1 Å². The van der Waals surface area contributed by atoms with Crippen LogP contribution in [0.15, 0.2) is 85.1 Å². The summed E-state index contributed by atoms with van der Waals surface area (Å²) in [7, 11) is 1.48. The second kappa shape index (κ2) is 53.0. The molecule has 2 unspecified atom stereocenters. The van der Waals surface area contributed by atoms with E-state index in [0.717, 1.165) is 83.5 Å². The first-order chi connectivity index (χ1) is 35.0. The van der Waals surface area contributed by atoms with E-state index < -0.39 is 26.5 Å². The molecule has 0 aromatic rings. The molecule has 0 saturated heterocycles. The second-order valence-corrected chi connectivity index (χ2v) is 22.1. The number of quaternary nitrogens is 1. The molecule has 416 valence electrons. The number of hydrogen-bond acceptors (Lipinski definition) is 7. The average Bonchev–Trinajstić information content (AvgIpc) is 3.34. The summed E-state index contributed by atoms with van der Waals surface area (Å²) in [5.41, 5.74) is 0. The molecule has 0 aromatic heterocycles. The Bertz CT molecular complexity index is 1490. The number of ether oxygens (including phenoxy) is 2. The zero-order valence-corrected chi connectivity index (χ0v) is 48.0. The van der Waals surface area contributed by atoms with Crippen LogP contribution in [0.4, 0.5) is 0 Å². The number of unbranched alkanes of at least 4 members (excludes halogenated alkanes) is 25. The van der Waals surface area contributed by atoms with Crippen molar-refractivity contribution in [2.75, 3.05) is 47.5 Å². The second-order valence-electron chi connectivity index (χ2n) is 20.7. The van der Waals surface area contributed by atoms with Crippen molar-refractivity contribution in [1.29, 1.82) is 0 Å². The Balaban J connectivity index is 4.06. The molecular weight excluding hydrogens is 918 g/mol. The monoisotopic (exact) mass is 1030 g/mol. The molecule has 2 atom stereocenters. The summed E-state index contributed by atoms with van der Waals surface area (Å²) in [5.74, 6) is -0.795. The van der Waals surface area contributed by atoms with Gasteiger partial charge in [0.15, 0.2) is 6.10 Å². The number of hydrogen-bond donors (Lipinski definition) is 1. The molecule has 0 spiro atoms. The van der Waals surface area contributed by atoms with Gasteiger partial charge in [0.1, 0.15) is 19.8 Å². The van der Waals surface area contributed by atoms with Gasteiger partial charge in [-0.05, 0) is 70.6 Å². The van der Waals surface area contributed by atoms with Crippen LogP contribution in [0.5, 0.6) is 0 Å². The zero-order valence-electron chi connectivity index (χ0n) is 47.1. The number of allylic oxidation sites excluding steroid dienone is 14. The number of carbonyl (C=O) groups excluding carboxylic acids is 2. The lowest BCUT2D eigenvalue weighted by atomic mass is 10.0. The van der Waals surface area contributed by atoms with Crippen molar-refractivity contribution in [2.45, 2.75) is 251 Å². The minimum absolute atomic E-state index is 0.0304. The Labute approximate surface area is 443 Å². The highest BCUT2D eigenvalue weighted by Gasteiger charge is 2.27. The lowest BCUT2D eigenvalue weighted by Gasteiger charge is -2.24. The van der Waals surface area contributed by atoms with Crippen molar-refractivity contribution in [3.8, 4) is 0 Å². The van der Waals surface area contributed by atoms with Gasteiger partial charge in [-0.1, -0.05) is 247 Å². The Morgan fingerprint density at radius 1 is 0.444 bits per heavy atom. The van der Waals surface area contributed by atoms with E-state index in [4.69, 9.17) is 18.5 Å². The lowest BCUT2D eigenvalue weighted by Crippen LogP contribution is -2.37. The summed E-state index contributed by atoms with van der Waals surface area (Å²) in [5, 5.41) is 0. The highest BCUT2D eigenvalue weighted by Crippen LogP contribution is 2.43. The number of carbonyl (C=O) groups is 2. The fourth-order valence-electron chi connectivity index (χ4n) is 7.94. The summed E-state index contributed by atoms with van der Waals surface area (Å²) >= 11 is 0. The van der Waals surface area contributed by atoms with Gasteiger partial charge >= 0.3 is 19.8 Å². The van der Waals surface area contributed by atoms with Crippen LogP contribution in [0, 0.1) is 0 Å². The summed E-state index contributed by atoms with van der Waals surface area (Å²) in [4.78, 5) is 35.6. The first kappa shape index (κ1) is 69.2. The van der Waals surface area contributed by atoms with Gasteiger partial charge in [-0.3, -0.25) is 18.6 Å². The van der Waals surface area contributed by atoms with E-state index >= 15 is 0 Å². The molecule has 0 aliphatic carbocycles. The third-order valence-corrected chi connectivity index (χ3v) is 13.4. The third kappa shape index (κ3) is 56.5. The van der Waals surface area contributed by atoms with Crippen LogP contribution in [0.25, 0.3) is 0 Å². The molecule has 0 aromatic carbocycles. The topological polar surface area (TPSA) is 108 Å². The van der Waals surface area contributed by atoms with Gasteiger partial charge in [0.2, 0.25) is 0 Å². The van der Waals surface area contributed by atoms with E-state index in [1.807, 2.05) is 21.1 Å². The van der Waals surface area contributed by atoms with Crippen LogP contribution >= 0.6 is 7.82 Å². The summed E-state index contributed by atoms with van der Waals surface area (Å²) in [6.45, 7) is 4.32. The standard InChI is InChI=1S/C62H110NO8P/c1-6-8-10-12-14-16-18-20-21-22-23-24-25-26-27-28-29-30-31-32-33-34-35-36-37-38-39-40-41-43-45-47-49-51-53-55-62(65)71-60(59-70-72(66,67)69-57-56-63(3,4)5)58-68-61(64)54-52-50-48-46-44-42-19-17-15-13-11-9-7-2/h8,10,14,16,20-21,23-24,26-27,29-30,32-33,60H,6-7,9,11-13,15,17-19,22,25,28,31,34-59H2,1-5H3/p+1/b10-8-,16-14-,21-20-,24-23-,27-26-,30-29-,33-32-. The van der Waals surface area contributed by atoms with Crippen LogP contribution in [-0.2, 0) is 32.7 Å². The Morgan fingerprint density at radius 3 is 1.18 bits per heavy atom. The van der Waals surface area contributed by atoms with Crippen molar-refractivity contribution in [2.24, 2.45) is 0 Å². The molecule has 0 rings (SSSR count). The van der Waals surface area contributed by atoms with Crippen molar-refractivity contribution in [1.82, 2.24) is 0 Å². The van der Waals surface area contributed by atoms with Gasteiger partial charge < -0.3 is 18.9 Å². The smallest absolute Gasteiger partial charge is 0.462 e. The molecule has 72 heavy (non-hydrogen) atoms. The number of rotatable bonds is 53. The van der Waals surface area contributed by atoms with Gasteiger partial charge in [-0.15, -0.1) is 0 Å². The molecule has 10 heteroatoms. The number of esters is 2. The zero-order chi connectivity index (χ0) is 52.7. The minimum Gasteiger partial charge on any atom is -0.462 e. The van der Waals surface area contributed by atoms with E-state index in [-0.39, 0.29) is 32.0 Å². The van der Waals surface area contributed by atoms with Crippen LogP contribution in [-0.4, -0.2) is 74.9 Å². The highest BCUT2D eigenvalue weighted by molar-refractivity contribution is 7.47. The van der Waals surface area contributed by atoms with Gasteiger partial charge in [0.25, 0.3) is 0 Å². The van der Waals surface area contributed by atoms with E-state index in [2.05, 4.69) is 98.9 Å². The highest BCUT2D eigenvalue weighted by atomic mass is 31.2. The molecule has 0 radical (unpaired) electrons. The van der Waals surface area contributed by atoms with Crippen LogP contribution in [0.2, 0.25) is 0 Å². The number of nitrogens with zero attached hydrogens (tertiary/aromatic N) is 1. The maximum Gasteiger partial charge on any atom is 0.472 e. The Hall–Kier alpha value is -2.81. The molecular formula is C62H111NO8P+. The summed E-state index contributed by atoms with van der Waals surface area (Å²) in [6, 6.07) is 0. The van der Waals surface area contributed by atoms with Gasteiger partial charge in [-0.25, -0.2) is 4.57 Å². The SMILES string of the molecule is CC/C=C\C/C=C\C/C=C\C/C=C\C/C=C\C/C=C\C/C=C\CCCCCCCCCCCCCCCC(=O)OC(COC(=O)CCCCCCCCCCCCCCC)COP(=O)(O)OCC[N+](C)(C)C. The van der Waals surface area contributed by atoms with Gasteiger partial charge in [-0.2, -0.15) is 0 Å². The van der Waals surface area contributed by atoms with Gasteiger partial charge in [0.05, 0.1) is 27.7 Å². The quantitative estimate of drug-likeness (QED) is 0.0211. The van der Waals surface area contributed by atoms with Crippen molar-refractivity contribution in [3.63, 3.8) is 0 Å². The molecule has 0 heterocycles. The molecule has 0 saturated carbocycles. The first-order valence-corrected chi connectivity index (χ1v) is 30.8. The maximum atomic E-state index is 12.8. The number of likely N-dealkylation sites (N-methyl/N-ethyl adjacent to an activating group) is 1. The average molecular weight is 1030 g/mol. The van der Waals surface area contributed by atoms with Crippen molar-refractivity contribution < 1.29 is 42.1 Å². The predicted octanol–water partition coefficient (Wildman–Crippen LogP) is 18.3. The van der Waals surface area contributed by atoms with Crippen LogP contribution in [0.3, 0.4) is 0 Å². The normalized spacial score (nSPS) is 13.9. The Morgan fingerprint density at radius 2 is 0.792 bits per heavy atom. The lowest BCUT2D eigenvalue weighted by molar-refractivity contribution is -0.870. The van der Waals surface area contributed by atoms with E-state index in [0.29, 0.717) is 17.4 Å². The summed E-state index contributed by atoms with van der Waals surface area (Å²) in [6.07, 6.45) is 70.9. The van der Waals surface area contributed by atoms with Crippen molar-refractivity contribution >= 4 is 19.8 Å². The fraction of sp³-hybridized carbons (Fsp3) is 0.742. The molecule has 1 N–H and O–H groups in total. The van der Waals surface area contributed by atoms with Crippen LogP contribution < -0.4 is 0 Å². The molecule has 0 aliphatic heterocycles. The van der Waals surface area contributed by atoms with E-state index in [1.54, 1.807) is 0 Å². The molecule has 0 bridgehead atoms. The molecule has 0 fully saturated rings. The maximum absolute atomic E-state index is 12.8. The molecule has 0 amide bonds. The van der Waals surface area contributed by atoms with Gasteiger partial charge in [0, 0.05) is 12.8 Å². The third-order valence-electron chi connectivity index (χ3n) is 12.4. The summed E-state index contributed by atoms with van der Waals surface area (Å²) < 4.78 is 34.5. The molecule has 9 nitrogen and oxygen atoms in total. The van der Waals surface area contributed by atoms with Crippen LogP contribution in [0.1, 0.15) is 245 Å². The first-order valence-electron chi connectivity index (χ1n) is 29.3. The Kier molecular flexibility index (Phi) is 51.0. The minimum atomic E-state index is -4.38. The number of phosphoric ester groups is 1. The largest absolute Gasteiger partial charge is 0.472 e. The molecule has 0 aliphatic rings. The van der Waals surface area contributed by atoms with E-state index in [1.165, 1.54) is 128 Å². The van der Waals surface area contributed by atoms with E-state index in [9.17, 15) is 19.0 Å². The fourth-order valence-corrected chi connectivity index (χ4v) is 8.68.